The molecule has 1 amide bonds. The normalized spacial score (nSPS) is 16.4. The van der Waals surface area contributed by atoms with E-state index in [1.807, 2.05) is 6.07 Å². The number of aliphatic hydroxyl groups excluding tert-OH is 1. The Hall–Kier alpha value is -3.76. The van der Waals surface area contributed by atoms with Gasteiger partial charge in [0.1, 0.15) is 23.0 Å². The fraction of sp³-hybridized carbons (Fsp3) is 0.241. The van der Waals surface area contributed by atoms with Gasteiger partial charge in [0, 0.05) is 10.0 Å². The smallest absolute Gasteiger partial charge is 0.350 e. The molecular weight excluding hydrogens is 584 g/mol. The quantitative estimate of drug-likeness (QED) is 0.0710. The Labute approximate surface area is 238 Å². The number of rotatable bonds is 10. The minimum Gasteiger partial charge on any atom is -0.507 e. The number of anilines is 1. The van der Waals surface area contributed by atoms with Gasteiger partial charge in [0.25, 0.3) is 5.78 Å². The molecule has 1 fully saturated rings. The number of aliphatic hydroxyl groups is 1. The molecule has 1 aromatic heterocycles. The zero-order valence-electron chi connectivity index (χ0n) is 21.5. The zero-order valence-corrected chi connectivity index (χ0v) is 23.9. The number of ketones is 1. The van der Waals surface area contributed by atoms with E-state index in [0.717, 1.165) is 28.7 Å². The Balaban J connectivity index is 1.80. The second-order valence-electron chi connectivity index (χ2n) is 8.75. The van der Waals surface area contributed by atoms with E-state index in [1.54, 1.807) is 49.4 Å². The van der Waals surface area contributed by atoms with Crippen LogP contribution in [0.3, 0.4) is 0 Å². The van der Waals surface area contributed by atoms with Gasteiger partial charge in [-0.1, -0.05) is 65.4 Å². The monoisotopic (exact) mass is 610 g/mol. The van der Waals surface area contributed by atoms with Crippen LogP contribution in [0.4, 0.5) is 5.13 Å². The van der Waals surface area contributed by atoms with E-state index in [4.69, 9.17) is 9.47 Å². The third kappa shape index (κ3) is 5.97. The van der Waals surface area contributed by atoms with Gasteiger partial charge in [-0.25, -0.2) is 9.78 Å². The van der Waals surface area contributed by atoms with Gasteiger partial charge in [-0.2, -0.15) is 0 Å². The lowest BCUT2D eigenvalue weighted by atomic mass is 9.95. The van der Waals surface area contributed by atoms with E-state index in [1.165, 1.54) is 11.0 Å². The number of carbonyl (C=O) groups excluding carboxylic acids is 3. The maximum absolute atomic E-state index is 13.4. The van der Waals surface area contributed by atoms with Crippen LogP contribution in [-0.4, -0.2) is 41.0 Å². The van der Waals surface area contributed by atoms with E-state index in [9.17, 15) is 19.5 Å². The highest BCUT2D eigenvalue weighted by atomic mass is 79.9. The highest BCUT2D eigenvalue weighted by Crippen LogP contribution is 2.44. The molecule has 1 saturated heterocycles. The van der Waals surface area contributed by atoms with Crippen LogP contribution in [0.2, 0.25) is 0 Å². The minimum atomic E-state index is -0.981. The second kappa shape index (κ2) is 12.4. The molecule has 0 spiro atoms. The van der Waals surface area contributed by atoms with Crippen LogP contribution in [0.25, 0.3) is 5.76 Å². The number of aromatic nitrogens is 1. The van der Waals surface area contributed by atoms with E-state index >= 15 is 0 Å². The molecule has 2 heterocycles. The third-order valence-electron chi connectivity index (χ3n) is 6.01. The lowest BCUT2D eigenvalue weighted by molar-refractivity contribution is -0.132. The predicted molar refractivity (Wildman–Crippen MR) is 153 cm³/mol. The van der Waals surface area contributed by atoms with Crippen molar-refractivity contribution in [3.05, 3.63) is 92.9 Å². The van der Waals surface area contributed by atoms with Crippen LogP contribution >= 0.6 is 27.3 Å². The number of unbranched alkanes of at least 4 members (excludes halogenated alkanes) is 1. The van der Waals surface area contributed by atoms with Gasteiger partial charge in [-0.05, 0) is 55.3 Å². The first-order valence-corrected chi connectivity index (χ1v) is 13.9. The molecule has 4 rings (SSSR count). The Kier molecular flexibility index (Phi) is 8.98. The fourth-order valence-corrected chi connectivity index (χ4v) is 5.50. The van der Waals surface area contributed by atoms with E-state index in [0.29, 0.717) is 29.2 Å². The minimum absolute atomic E-state index is 0.0243. The topological polar surface area (TPSA) is 106 Å². The summed E-state index contributed by atoms with van der Waals surface area (Å²) >= 11 is 4.39. The molecule has 39 heavy (non-hydrogen) atoms. The first-order chi connectivity index (χ1) is 18.8. The lowest BCUT2D eigenvalue weighted by Crippen LogP contribution is -2.29. The molecule has 0 bridgehead atoms. The van der Waals surface area contributed by atoms with Gasteiger partial charge in [0.2, 0.25) is 0 Å². The summed E-state index contributed by atoms with van der Waals surface area (Å²) in [5, 5.41) is 11.5. The highest BCUT2D eigenvalue weighted by Gasteiger charge is 2.48. The van der Waals surface area contributed by atoms with E-state index in [2.05, 4.69) is 34.4 Å². The Morgan fingerprint density at radius 2 is 1.97 bits per heavy atom. The second-order valence-corrected chi connectivity index (χ2v) is 10.6. The van der Waals surface area contributed by atoms with Gasteiger partial charge in [-0.15, -0.1) is 0 Å². The zero-order chi connectivity index (χ0) is 28.1. The molecule has 1 aliphatic heterocycles. The maximum Gasteiger partial charge on any atom is 0.350 e. The van der Waals surface area contributed by atoms with Crippen molar-refractivity contribution >= 4 is 55.8 Å². The highest BCUT2D eigenvalue weighted by molar-refractivity contribution is 9.10. The largest absolute Gasteiger partial charge is 0.507 e. The molecule has 0 radical (unpaired) electrons. The summed E-state index contributed by atoms with van der Waals surface area (Å²) in [6.07, 6.45) is 3.37. The number of benzene rings is 2. The Morgan fingerprint density at radius 3 is 2.64 bits per heavy atom. The van der Waals surface area contributed by atoms with Crippen LogP contribution in [0.5, 0.6) is 5.75 Å². The molecule has 1 atom stereocenters. The molecular formula is C29H27BrN2O6S. The van der Waals surface area contributed by atoms with Crippen LogP contribution in [-0.2, 0) is 14.3 Å². The van der Waals surface area contributed by atoms with Crippen LogP contribution in [0, 0.1) is 6.92 Å². The van der Waals surface area contributed by atoms with Crippen LogP contribution < -0.4 is 9.64 Å². The number of amides is 1. The summed E-state index contributed by atoms with van der Waals surface area (Å²) in [5.74, 6) is -2.00. The molecule has 2 aromatic carbocycles. The van der Waals surface area contributed by atoms with Gasteiger partial charge in [0.15, 0.2) is 5.13 Å². The Morgan fingerprint density at radius 1 is 1.23 bits per heavy atom. The van der Waals surface area contributed by atoms with Gasteiger partial charge >= 0.3 is 11.9 Å². The summed E-state index contributed by atoms with van der Waals surface area (Å²) in [7, 11) is 0. The van der Waals surface area contributed by atoms with Crippen molar-refractivity contribution in [1.29, 1.82) is 0 Å². The lowest BCUT2D eigenvalue weighted by Gasteiger charge is -2.23. The number of hydrogen-bond acceptors (Lipinski definition) is 8. The number of ether oxygens (including phenoxy) is 2. The molecule has 0 aliphatic carbocycles. The van der Waals surface area contributed by atoms with Crippen molar-refractivity contribution in [1.82, 2.24) is 4.98 Å². The first kappa shape index (κ1) is 28.3. The summed E-state index contributed by atoms with van der Waals surface area (Å²) in [5.41, 5.74) is 1.21. The number of nitrogens with zero attached hydrogens (tertiary/aromatic N) is 2. The standard InChI is InChI=1S/C29H27BrN2O6S/c1-4-6-15-37-21-12-10-18(11-13-21)24(33)22-23(19-8-7-9-20(30)16-19)32(27(35)25(22)34)29-31-17(3)26(39-29)28(36)38-14-5-2/h5,7-13,16,23,33H,2,4,6,14-15H2,1,3H3. The first-order valence-electron chi connectivity index (χ1n) is 12.3. The summed E-state index contributed by atoms with van der Waals surface area (Å²) in [6, 6.07) is 12.8. The number of aryl methyl sites for hydroxylation is 1. The van der Waals surface area contributed by atoms with Crippen molar-refractivity contribution in [2.24, 2.45) is 0 Å². The van der Waals surface area contributed by atoms with Crippen molar-refractivity contribution in [2.75, 3.05) is 18.1 Å². The van der Waals surface area contributed by atoms with E-state index < -0.39 is 23.7 Å². The van der Waals surface area contributed by atoms with Gasteiger partial charge in [-0.3, -0.25) is 14.5 Å². The predicted octanol–water partition coefficient (Wildman–Crippen LogP) is 6.36. The number of thiazole rings is 1. The molecule has 1 N–H and O–H groups in total. The molecule has 0 saturated carbocycles. The van der Waals surface area contributed by atoms with Crippen molar-refractivity contribution < 1.29 is 29.0 Å². The molecule has 1 aliphatic rings. The van der Waals surface area contributed by atoms with E-state index in [-0.39, 0.29) is 27.9 Å². The van der Waals surface area contributed by atoms with Gasteiger partial charge in [0.05, 0.1) is 23.9 Å². The summed E-state index contributed by atoms with van der Waals surface area (Å²) < 4.78 is 11.6. The maximum atomic E-state index is 13.4. The number of carbonyl (C=O) groups is 3. The molecule has 10 heteroatoms. The number of esters is 1. The number of halogens is 1. The number of Topliss-reactive ketones (excluding diaryl/α,β-unsaturated/α-hetero) is 1. The Bertz CT molecular complexity index is 1450. The summed E-state index contributed by atoms with van der Waals surface area (Å²) in [6.45, 7) is 7.84. The molecule has 202 valence electrons. The average molecular weight is 612 g/mol. The number of hydrogen-bond donors (Lipinski definition) is 1. The van der Waals surface area contributed by atoms with Gasteiger partial charge < -0.3 is 14.6 Å². The molecule has 3 aromatic rings. The van der Waals surface area contributed by atoms with Crippen LogP contribution in [0.15, 0.2) is 71.2 Å². The average Bonchev–Trinajstić information content (AvgIpc) is 3.44. The molecule has 8 nitrogen and oxygen atoms in total. The molecule has 1 unspecified atom stereocenters. The van der Waals surface area contributed by atoms with Crippen molar-refractivity contribution in [2.45, 2.75) is 32.7 Å². The van der Waals surface area contributed by atoms with Crippen molar-refractivity contribution in [3.8, 4) is 5.75 Å². The SMILES string of the molecule is C=CCOC(=O)c1sc(N2C(=O)C(=O)C(=C(O)c3ccc(OCCCC)cc3)C2c2cccc(Br)c2)nc1C. The fourth-order valence-electron chi connectivity index (χ4n) is 4.10. The van der Waals surface area contributed by atoms with Crippen molar-refractivity contribution in [3.63, 3.8) is 0 Å². The van der Waals surface area contributed by atoms with Crippen LogP contribution in [0.1, 0.15) is 52.3 Å². The third-order valence-corrected chi connectivity index (χ3v) is 7.64. The summed E-state index contributed by atoms with van der Waals surface area (Å²) in [4.78, 5) is 45.2.